The molecule has 1 saturated heterocycles. The molecule has 2 saturated carbocycles. The number of aliphatic hydroxyl groups is 2. The molecule has 1 aromatic carbocycles. The summed E-state index contributed by atoms with van der Waals surface area (Å²) in [6.45, 7) is 1.92. The number of likely N-dealkylation sites (tertiary alicyclic amines) is 1. The predicted molar refractivity (Wildman–Crippen MR) is 137 cm³/mol. The topological polar surface area (TPSA) is 161 Å². The van der Waals surface area contributed by atoms with E-state index in [1.54, 1.807) is 25.1 Å². The SMILES string of the molecule is CN(C)[C@H]1C(O)C(C(N)=O)C(=O)[C@@H]2C(=O)C3=C(O)c4c(O)ccc(C(=O)CN5CCCCC5)c4C[C@@H]3C[C@@H]21. The molecule has 0 spiro atoms. The van der Waals surface area contributed by atoms with E-state index in [1.807, 2.05) is 0 Å². The molecular formula is C28H35N3O7. The third-order valence-corrected chi connectivity index (χ3v) is 8.94. The summed E-state index contributed by atoms with van der Waals surface area (Å²) in [6, 6.07) is 2.23. The number of hydrogen-bond acceptors (Lipinski definition) is 9. The van der Waals surface area contributed by atoms with Crippen LogP contribution < -0.4 is 5.73 Å². The van der Waals surface area contributed by atoms with Crippen LogP contribution in [0.3, 0.4) is 0 Å². The molecule has 5 rings (SSSR count). The third kappa shape index (κ3) is 4.15. The number of carbonyl (C=O) groups is 4. The molecule has 0 radical (unpaired) electrons. The summed E-state index contributed by atoms with van der Waals surface area (Å²) in [5.74, 6) is -7.05. The first kappa shape index (κ1) is 26.5. The highest BCUT2D eigenvalue weighted by atomic mass is 16.3. The number of aromatic hydroxyl groups is 1. The number of rotatable bonds is 5. The Balaban J connectivity index is 1.56. The van der Waals surface area contributed by atoms with E-state index in [2.05, 4.69) is 4.90 Å². The highest BCUT2D eigenvalue weighted by molar-refractivity contribution is 6.19. The summed E-state index contributed by atoms with van der Waals surface area (Å²) in [4.78, 5) is 56.4. The molecule has 0 bridgehead atoms. The molecule has 10 heteroatoms. The Hall–Kier alpha value is -3.08. The molecule has 1 heterocycles. The zero-order valence-electron chi connectivity index (χ0n) is 21.7. The van der Waals surface area contributed by atoms with Crippen LogP contribution in [0.1, 0.15) is 47.2 Å². The minimum Gasteiger partial charge on any atom is -0.507 e. The zero-order chi connectivity index (χ0) is 27.5. The van der Waals surface area contributed by atoms with Crippen molar-refractivity contribution in [3.8, 4) is 5.75 Å². The molecule has 1 aromatic rings. The Bertz CT molecular complexity index is 1230. The number of aliphatic hydroxyl groups excluding tert-OH is 2. The van der Waals surface area contributed by atoms with Crippen LogP contribution in [-0.2, 0) is 20.8 Å². The van der Waals surface area contributed by atoms with Crippen LogP contribution in [-0.4, -0.2) is 94.3 Å². The van der Waals surface area contributed by atoms with Crippen LogP contribution in [0.4, 0.5) is 0 Å². The van der Waals surface area contributed by atoms with Crippen molar-refractivity contribution in [3.63, 3.8) is 0 Å². The minimum atomic E-state index is -1.53. The third-order valence-electron chi connectivity index (χ3n) is 8.94. The van der Waals surface area contributed by atoms with Crippen LogP contribution in [0, 0.1) is 23.7 Å². The standard InChI is InChI=1S/C28H35N3O7/c1-30(2)23-16-11-13-10-15-14(18(33)12-31-8-4-3-5-9-31)6-7-17(32)20(15)24(34)19(13)25(35)21(16)26(36)22(27(23)37)28(29)38/h6-7,13,16,21-23,27,32,34,37H,3-5,8-12H2,1-2H3,(H2,29,38)/t13-,16+,21+,22?,23-,27?/m1/s1. The summed E-state index contributed by atoms with van der Waals surface area (Å²) < 4.78 is 0. The number of Topliss-reactive ketones (excluding diaryl/α,β-unsaturated/α-hetero) is 3. The van der Waals surface area contributed by atoms with Crippen LogP contribution in [0.25, 0.3) is 5.76 Å². The second-order valence-corrected chi connectivity index (χ2v) is 11.4. The predicted octanol–water partition coefficient (Wildman–Crippen LogP) is 0.683. The summed E-state index contributed by atoms with van der Waals surface area (Å²) in [7, 11) is 3.41. The Labute approximate surface area is 221 Å². The average Bonchev–Trinajstić information content (AvgIpc) is 2.83. The number of ketones is 3. The fourth-order valence-electron chi connectivity index (χ4n) is 7.29. The Morgan fingerprint density at radius 2 is 1.79 bits per heavy atom. The van der Waals surface area contributed by atoms with Gasteiger partial charge in [0.1, 0.15) is 17.4 Å². The van der Waals surface area contributed by atoms with Crippen molar-refractivity contribution >= 4 is 29.0 Å². The fraction of sp³-hybridized carbons (Fsp3) is 0.571. The van der Waals surface area contributed by atoms with E-state index in [0.29, 0.717) is 11.1 Å². The first-order chi connectivity index (χ1) is 18.0. The van der Waals surface area contributed by atoms with Gasteiger partial charge in [0.05, 0.1) is 24.1 Å². The Morgan fingerprint density at radius 3 is 2.42 bits per heavy atom. The van der Waals surface area contributed by atoms with Crippen LogP contribution >= 0.6 is 0 Å². The molecule has 38 heavy (non-hydrogen) atoms. The van der Waals surface area contributed by atoms with Gasteiger partial charge >= 0.3 is 0 Å². The normalized spacial score (nSPS) is 31.6. The van der Waals surface area contributed by atoms with Crippen molar-refractivity contribution < 1.29 is 34.5 Å². The molecule has 5 N–H and O–H groups in total. The number of phenols is 1. The van der Waals surface area contributed by atoms with Crippen LogP contribution in [0.2, 0.25) is 0 Å². The molecule has 10 nitrogen and oxygen atoms in total. The van der Waals surface area contributed by atoms with Gasteiger partial charge in [-0.25, -0.2) is 0 Å². The lowest BCUT2D eigenvalue weighted by atomic mass is 9.56. The average molecular weight is 526 g/mol. The fourth-order valence-corrected chi connectivity index (χ4v) is 7.29. The van der Waals surface area contributed by atoms with Gasteiger partial charge in [0, 0.05) is 17.2 Å². The van der Waals surface area contributed by atoms with Gasteiger partial charge in [-0.05, 0) is 82.4 Å². The van der Waals surface area contributed by atoms with E-state index in [9.17, 15) is 34.5 Å². The van der Waals surface area contributed by atoms with Gasteiger partial charge < -0.3 is 26.0 Å². The maximum atomic E-state index is 13.8. The zero-order valence-corrected chi connectivity index (χ0v) is 21.7. The number of likely N-dealkylation sites (N-methyl/N-ethyl adjacent to an activating group) is 1. The van der Waals surface area contributed by atoms with Crippen molar-refractivity contribution in [3.05, 3.63) is 34.4 Å². The smallest absolute Gasteiger partial charge is 0.230 e. The molecule has 2 unspecified atom stereocenters. The molecule has 6 atom stereocenters. The Kier molecular flexibility index (Phi) is 6.91. The summed E-state index contributed by atoms with van der Waals surface area (Å²) in [5.41, 5.74) is 6.42. The summed E-state index contributed by atoms with van der Waals surface area (Å²) in [5, 5.41) is 33.0. The Morgan fingerprint density at radius 1 is 1.11 bits per heavy atom. The van der Waals surface area contributed by atoms with Crippen molar-refractivity contribution in [2.45, 2.75) is 44.2 Å². The number of allylic oxidation sites excluding steroid dienone is 1. The van der Waals surface area contributed by atoms with E-state index in [4.69, 9.17) is 5.73 Å². The number of piperidine rings is 1. The van der Waals surface area contributed by atoms with Gasteiger partial charge in [-0.3, -0.25) is 24.1 Å². The number of nitrogens with two attached hydrogens (primary N) is 1. The molecular weight excluding hydrogens is 490 g/mol. The number of amides is 1. The highest BCUT2D eigenvalue weighted by Gasteiger charge is 2.59. The number of hydrogen-bond donors (Lipinski definition) is 4. The van der Waals surface area contributed by atoms with E-state index < -0.39 is 59.1 Å². The van der Waals surface area contributed by atoms with Gasteiger partial charge in [0.2, 0.25) is 5.91 Å². The van der Waals surface area contributed by atoms with Crippen molar-refractivity contribution in [1.29, 1.82) is 0 Å². The van der Waals surface area contributed by atoms with Crippen LogP contribution in [0.5, 0.6) is 5.75 Å². The number of benzene rings is 1. The number of phenolic OH excluding ortho intramolecular Hbond substituents is 1. The van der Waals surface area contributed by atoms with Crippen LogP contribution in [0.15, 0.2) is 17.7 Å². The molecule has 204 valence electrons. The summed E-state index contributed by atoms with van der Waals surface area (Å²) in [6.07, 6.45) is 2.35. The molecule has 1 amide bonds. The van der Waals surface area contributed by atoms with Crippen molar-refractivity contribution in [2.24, 2.45) is 29.4 Å². The first-order valence-electron chi connectivity index (χ1n) is 13.3. The largest absolute Gasteiger partial charge is 0.507 e. The van der Waals surface area contributed by atoms with Crippen molar-refractivity contribution in [2.75, 3.05) is 33.7 Å². The van der Waals surface area contributed by atoms with E-state index >= 15 is 0 Å². The lowest BCUT2D eigenvalue weighted by Crippen LogP contribution is -2.64. The van der Waals surface area contributed by atoms with E-state index in [-0.39, 0.29) is 42.1 Å². The maximum Gasteiger partial charge on any atom is 0.230 e. The van der Waals surface area contributed by atoms with E-state index in [0.717, 1.165) is 32.4 Å². The van der Waals surface area contributed by atoms with E-state index in [1.165, 1.54) is 6.07 Å². The second-order valence-electron chi connectivity index (χ2n) is 11.4. The molecule has 0 aromatic heterocycles. The van der Waals surface area contributed by atoms with Gasteiger partial charge in [0.15, 0.2) is 17.3 Å². The van der Waals surface area contributed by atoms with Gasteiger partial charge in [-0.2, -0.15) is 0 Å². The van der Waals surface area contributed by atoms with Gasteiger partial charge in [-0.1, -0.05) is 6.42 Å². The lowest BCUT2D eigenvalue weighted by molar-refractivity contribution is -0.157. The second kappa shape index (κ2) is 9.91. The maximum absolute atomic E-state index is 13.8. The first-order valence-corrected chi connectivity index (χ1v) is 13.3. The van der Waals surface area contributed by atoms with Gasteiger partial charge in [0.25, 0.3) is 0 Å². The number of nitrogens with zero attached hydrogens (tertiary/aromatic N) is 2. The molecule has 3 aliphatic carbocycles. The quantitative estimate of drug-likeness (QED) is 0.320. The molecule has 3 fully saturated rings. The minimum absolute atomic E-state index is 0.0279. The number of primary amides is 1. The van der Waals surface area contributed by atoms with Gasteiger partial charge in [-0.15, -0.1) is 0 Å². The van der Waals surface area contributed by atoms with Crippen molar-refractivity contribution in [1.82, 2.24) is 9.80 Å². The number of carbonyl (C=O) groups excluding carboxylic acids is 4. The molecule has 1 aliphatic heterocycles. The lowest BCUT2D eigenvalue weighted by Gasteiger charge is -2.50. The monoisotopic (exact) mass is 525 g/mol. The highest BCUT2D eigenvalue weighted by Crippen LogP contribution is 2.51. The number of fused-ring (bicyclic) bond motifs is 3. The summed E-state index contributed by atoms with van der Waals surface area (Å²) >= 11 is 0. The molecule has 4 aliphatic rings.